The summed E-state index contributed by atoms with van der Waals surface area (Å²) in [6.45, 7) is 0. The van der Waals surface area contributed by atoms with Crippen LogP contribution in [0.15, 0.2) is 0 Å². The predicted octanol–water partition coefficient (Wildman–Crippen LogP) is -0.0109. The lowest BCUT2D eigenvalue weighted by Gasteiger charge is -2.10. The molecule has 0 saturated heterocycles. The van der Waals surface area contributed by atoms with Crippen LogP contribution in [0, 0.1) is 18.3 Å². The van der Waals surface area contributed by atoms with Crippen molar-refractivity contribution < 1.29 is 14.7 Å². The number of terminal acetylenes is 1. The molecule has 1 amide bonds. The van der Waals surface area contributed by atoms with Crippen molar-refractivity contribution in [3.05, 3.63) is 0 Å². The Morgan fingerprint density at radius 3 is 2.62 bits per heavy atom. The Kier molecular flexibility index (Phi) is 2.91. The van der Waals surface area contributed by atoms with Gasteiger partial charge >= 0.3 is 5.97 Å². The largest absolute Gasteiger partial charge is 0.480 e. The molecule has 1 aliphatic rings. The van der Waals surface area contributed by atoms with Crippen LogP contribution in [0.4, 0.5) is 0 Å². The van der Waals surface area contributed by atoms with Gasteiger partial charge in [0, 0.05) is 12.3 Å². The van der Waals surface area contributed by atoms with Crippen LogP contribution < -0.4 is 5.32 Å². The van der Waals surface area contributed by atoms with E-state index in [1.807, 2.05) is 0 Å². The van der Waals surface area contributed by atoms with Crippen LogP contribution in [0.1, 0.15) is 19.3 Å². The maximum atomic E-state index is 11.2. The molecule has 0 aliphatic heterocycles. The summed E-state index contributed by atoms with van der Waals surface area (Å²) in [5, 5.41) is 11.0. The van der Waals surface area contributed by atoms with Crippen molar-refractivity contribution in [2.45, 2.75) is 25.3 Å². The van der Waals surface area contributed by atoms with Crippen LogP contribution >= 0.6 is 0 Å². The van der Waals surface area contributed by atoms with Gasteiger partial charge in [0.1, 0.15) is 6.04 Å². The van der Waals surface area contributed by atoms with Gasteiger partial charge in [-0.25, -0.2) is 4.79 Å². The van der Waals surface area contributed by atoms with Crippen LogP contribution in [0.5, 0.6) is 0 Å². The molecule has 1 rings (SSSR count). The van der Waals surface area contributed by atoms with Crippen molar-refractivity contribution >= 4 is 11.9 Å². The van der Waals surface area contributed by atoms with Crippen LogP contribution in [-0.2, 0) is 9.59 Å². The second-order valence-electron chi connectivity index (χ2n) is 3.08. The highest BCUT2D eigenvalue weighted by atomic mass is 16.4. The Hall–Kier alpha value is -1.50. The number of carbonyl (C=O) groups excluding carboxylic acids is 1. The molecule has 0 unspecified atom stereocenters. The predicted molar refractivity (Wildman–Crippen MR) is 45.7 cm³/mol. The van der Waals surface area contributed by atoms with E-state index < -0.39 is 12.0 Å². The van der Waals surface area contributed by atoms with Crippen LogP contribution in [-0.4, -0.2) is 23.0 Å². The molecule has 1 aliphatic carbocycles. The highest BCUT2D eigenvalue weighted by molar-refractivity contribution is 5.86. The van der Waals surface area contributed by atoms with E-state index in [1.54, 1.807) is 0 Å². The third-order valence-electron chi connectivity index (χ3n) is 1.88. The fourth-order valence-electron chi connectivity index (χ4n) is 0.953. The minimum Gasteiger partial charge on any atom is -0.480 e. The van der Waals surface area contributed by atoms with Gasteiger partial charge in [-0.15, -0.1) is 12.3 Å². The summed E-state index contributed by atoms with van der Waals surface area (Å²) in [6.07, 6.45) is 6.72. The first kappa shape index (κ1) is 9.59. The first-order chi connectivity index (χ1) is 6.15. The second-order valence-corrected chi connectivity index (χ2v) is 3.08. The molecule has 1 fully saturated rings. The Morgan fingerprint density at radius 1 is 1.62 bits per heavy atom. The van der Waals surface area contributed by atoms with Crippen molar-refractivity contribution in [3.63, 3.8) is 0 Å². The second kappa shape index (κ2) is 3.94. The van der Waals surface area contributed by atoms with Gasteiger partial charge in [0.15, 0.2) is 0 Å². The molecule has 2 N–H and O–H groups in total. The zero-order valence-electron chi connectivity index (χ0n) is 7.12. The van der Waals surface area contributed by atoms with Crippen molar-refractivity contribution in [2.24, 2.45) is 5.92 Å². The van der Waals surface area contributed by atoms with E-state index in [2.05, 4.69) is 11.2 Å². The molecule has 4 nitrogen and oxygen atoms in total. The third-order valence-corrected chi connectivity index (χ3v) is 1.88. The van der Waals surface area contributed by atoms with Gasteiger partial charge in [0.05, 0.1) is 0 Å². The fourth-order valence-corrected chi connectivity index (χ4v) is 0.953. The highest BCUT2D eigenvalue weighted by Gasteiger charge is 2.32. The summed E-state index contributed by atoms with van der Waals surface area (Å²) in [7, 11) is 0. The number of rotatable bonds is 4. The number of hydrogen-bond acceptors (Lipinski definition) is 2. The molecule has 4 heteroatoms. The Morgan fingerprint density at radius 2 is 2.23 bits per heavy atom. The molecular formula is C9H11NO3. The molecular weight excluding hydrogens is 170 g/mol. The van der Waals surface area contributed by atoms with Crippen LogP contribution in [0.2, 0.25) is 0 Å². The standard InChI is InChI=1S/C9H11NO3/c1-2-3-7(9(12)13)10-8(11)6-4-5-6/h1,6-7H,3-5H2,(H,10,11)(H,12,13)/t7-/m0/s1. The Balaban J connectivity index is 2.41. The molecule has 0 spiro atoms. The first-order valence-corrected chi connectivity index (χ1v) is 4.11. The van der Waals surface area contributed by atoms with Crippen molar-refractivity contribution in [1.82, 2.24) is 5.32 Å². The number of aliphatic carboxylic acids is 1. The lowest BCUT2D eigenvalue weighted by molar-refractivity contribution is -0.141. The Bertz CT molecular complexity index is 263. The number of hydrogen-bond donors (Lipinski definition) is 2. The van der Waals surface area contributed by atoms with Crippen molar-refractivity contribution in [2.75, 3.05) is 0 Å². The number of carboxylic acid groups (broad SMARTS) is 1. The van der Waals surface area contributed by atoms with E-state index in [9.17, 15) is 9.59 Å². The molecule has 1 saturated carbocycles. The zero-order chi connectivity index (χ0) is 9.84. The van der Waals surface area contributed by atoms with Crippen LogP contribution in [0.25, 0.3) is 0 Å². The highest BCUT2D eigenvalue weighted by Crippen LogP contribution is 2.28. The SMILES string of the molecule is C#CC[C@H](NC(=O)C1CC1)C(=O)O. The average molecular weight is 181 g/mol. The molecule has 1 atom stereocenters. The molecule has 0 radical (unpaired) electrons. The van der Waals surface area contributed by atoms with Crippen LogP contribution in [0.3, 0.4) is 0 Å². The third kappa shape index (κ3) is 2.79. The normalized spacial score (nSPS) is 17.2. The fraction of sp³-hybridized carbons (Fsp3) is 0.556. The van der Waals surface area contributed by atoms with E-state index in [0.29, 0.717) is 0 Å². The minimum absolute atomic E-state index is 0.0135. The van der Waals surface area contributed by atoms with Gasteiger partial charge in [-0.3, -0.25) is 4.79 Å². The first-order valence-electron chi connectivity index (χ1n) is 4.11. The van der Waals surface area contributed by atoms with Gasteiger partial charge in [0.25, 0.3) is 0 Å². The van der Waals surface area contributed by atoms with E-state index in [4.69, 9.17) is 11.5 Å². The molecule has 0 heterocycles. The average Bonchev–Trinajstić information content (AvgIpc) is 2.85. The summed E-state index contributed by atoms with van der Waals surface area (Å²) in [5.74, 6) is 0.963. The molecule has 0 aromatic heterocycles. The topological polar surface area (TPSA) is 66.4 Å². The lowest BCUT2D eigenvalue weighted by atomic mass is 10.2. The maximum Gasteiger partial charge on any atom is 0.327 e. The van der Waals surface area contributed by atoms with Gasteiger partial charge in [-0.1, -0.05) is 0 Å². The smallest absolute Gasteiger partial charge is 0.327 e. The summed E-state index contributed by atoms with van der Waals surface area (Å²) < 4.78 is 0. The summed E-state index contributed by atoms with van der Waals surface area (Å²) in [5.41, 5.74) is 0. The quantitative estimate of drug-likeness (QED) is 0.599. The van der Waals surface area contributed by atoms with E-state index >= 15 is 0 Å². The lowest BCUT2D eigenvalue weighted by Crippen LogP contribution is -2.41. The summed E-state index contributed by atoms with van der Waals surface area (Å²) >= 11 is 0. The molecule has 13 heavy (non-hydrogen) atoms. The zero-order valence-corrected chi connectivity index (χ0v) is 7.12. The number of carbonyl (C=O) groups is 2. The van der Waals surface area contributed by atoms with E-state index in [-0.39, 0.29) is 18.2 Å². The monoisotopic (exact) mass is 181 g/mol. The van der Waals surface area contributed by atoms with Gasteiger partial charge < -0.3 is 10.4 Å². The minimum atomic E-state index is -1.08. The van der Waals surface area contributed by atoms with Gasteiger partial charge in [0.2, 0.25) is 5.91 Å². The summed E-state index contributed by atoms with van der Waals surface area (Å²) in [4.78, 5) is 21.7. The van der Waals surface area contributed by atoms with E-state index in [0.717, 1.165) is 12.8 Å². The van der Waals surface area contributed by atoms with Crippen molar-refractivity contribution in [1.29, 1.82) is 0 Å². The Labute approximate surface area is 76.3 Å². The molecule has 0 aromatic carbocycles. The number of nitrogens with one attached hydrogen (secondary N) is 1. The maximum absolute atomic E-state index is 11.2. The number of amides is 1. The van der Waals surface area contributed by atoms with Crippen molar-refractivity contribution in [3.8, 4) is 12.3 Å². The molecule has 70 valence electrons. The molecule has 0 aromatic rings. The summed E-state index contributed by atoms with van der Waals surface area (Å²) in [6, 6.07) is -0.932. The number of carboxylic acids is 1. The molecule has 0 bridgehead atoms. The van der Waals surface area contributed by atoms with E-state index in [1.165, 1.54) is 0 Å². The van der Waals surface area contributed by atoms with Gasteiger partial charge in [-0.05, 0) is 12.8 Å². The van der Waals surface area contributed by atoms with Gasteiger partial charge in [-0.2, -0.15) is 0 Å².